The number of rotatable bonds is 1. The van der Waals surface area contributed by atoms with E-state index < -0.39 is 6.10 Å². The van der Waals surface area contributed by atoms with Gasteiger partial charge in [-0.3, -0.25) is 4.79 Å². The number of β-amino-alcohol motifs (C(OH)–C–C–N with tert-alkyl or cyclic N) is 1. The summed E-state index contributed by atoms with van der Waals surface area (Å²) >= 11 is 0. The Morgan fingerprint density at radius 2 is 2.07 bits per heavy atom. The number of carbonyl (C=O) groups excluding carboxylic acids is 1. The van der Waals surface area contributed by atoms with Gasteiger partial charge in [-0.25, -0.2) is 9.50 Å². The topological polar surface area (TPSA) is 82.8 Å². The second kappa shape index (κ2) is 6.64. The highest BCUT2D eigenvalue weighted by atomic mass is 16.3. The molecule has 1 saturated heterocycles. The van der Waals surface area contributed by atoms with Crippen molar-refractivity contribution in [3.05, 3.63) is 64.6 Å². The van der Waals surface area contributed by atoms with E-state index in [1.54, 1.807) is 15.6 Å². The number of amides is 1. The molecule has 0 bridgehead atoms. The van der Waals surface area contributed by atoms with Crippen LogP contribution >= 0.6 is 0 Å². The van der Waals surface area contributed by atoms with E-state index in [2.05, 4.69) is 27.5 Å². The largest absolute Gasteiger partial charge is 0.389 e. The van der Waals surface area contributed by atoms with Crippen molar-refractivity contribution in [2.75, 3.05) is 13.1 Å². The lowest BCUT2D eigenvalue weighted by atomic mass is 9.76. The number of nitrogens with one attached hydrogen (secondary N) is 1. The second-order valence-electron chi connectivity index (χ2n) is 8.29. The maximum atomic E-state index is 13.2. The smallest absolute Gasteiger partial charge is 0.257 e. The molecule has 1 aromatic carbocycles. The van der Waals surface area contributed by atoms with Crippen molar-refractivity contribution in [3.8, 4) is 0 Å². The van der Waals surface area contributed by atoms with Gasteiger partial charge >= 0.3 is 0 Å². The van der Waals surface area contributed by atoms with Gasteiger partial charge in [0.25, 0.3) is 5.91 Å². The zero-order valence-corrected chi connectivity index (χ0v) is 16.7. The molecule has 29 heavy (non-hydrogen) atoms. The van der Waals surface area contributed by atoms with Crippen LogP contribution in [-0.2, 0) is 13.0 Å². The number of aromatic nitrogens is 3. The second-order valence-corrected chi connectivity index (χ2v) is 8.29. The average Bonchev–Trinajstić information content (AvgIpc) is 3.11. The van der Waals surface area contributed by atoms with Gasteiger partial charge in [0.15, 0.2) is 5.65 Å². The molecule has 2 aliphatic heterocycles. The standard InChI is InChI=1S/C22H25N5O2/c1-14-9-20-23-12-18(15(2)27(20)25-14)21(29)26-8-7-22(19(28)13-26)10-16-5-3-4-6-17(16)11-24-22/h3-6,9,12,19,24,28H,7-8,10-11,13H2,1-2H3/t19-,22+/m1/s1. The number of nitrogens with zero attached hydrogens (tertiary/aromatic N) is 4. The maximum Gasteiger partial charge on any atom is 0.257 e. The Bertz CT molecular complexity index is 1110. The Hall–Kier alpha value is -2.77. The highest BCUT2D eigenvalue weighted by molar-refractivity contribution is 5.95. The fourth-order valence-electron chi connectivity index (χ4n) is 4.69. The lowest BCUT2D eigenvalue weighted by Crippen LogP contribution is -2.65. The van der Waals surface area contributed by atoms with E-state index in [1.807, 2.05) is 32.0 Å². The third kappa shape index (κ3) is 2.92. The first-order chi connectivity index (χ1) is 14.0. The Balaban J connectivity index is 1.37. The molecule has 150 valence electrons. The summed E-state index contributed by atoms with van der Waals surface area (Å²) in [6.45, 7) is 5.45. The van der Waals surface area contributed by atoms with Crippen LogP contribution in [0.25, 0.3) is 5.65 Å². The molecule has 0 radical (unpaired) electrons. The lowest BCUT2D eigenvalue weighted by molar-refractivity contribution is -0.0139. The summed E-state index contributed by atoms with van der Waals surface area (Å²) in [7, 11) is 0. The van der Waals surface area contributed by atoms with E-state index in [9.17, 15) is 9.90 Å². The Kier molecular flexibility index (Phi) is 4.18. The van der Waals surface area contributed by atoms with Gasteiger partial charge in [0.2, 0.25) is 0 Å². The van der Waals surface area contributed by atoms with Crippen LogP contribution in [0.2, 0.25) is 0 Å². The molecule has 2 aliphatic rings. The molecule has 1 amide bonds. The van der Waals surface area contributed by atoms with E-state index >= 15 is 0 Å². The molecule has 2 N–H and O–H groups in total. The summed E-state index contributed by atoms with van der Waals surface area (Å²) in [4.78, 5) is 19.3. The van der Waals surface area contributed by atoms with E-state index in [4.69, 9.17) is 0 Å². The molecule has 3 aromatic rings. The first-order valence-electron chi connectivity index (χ1n) is 10.1. The summed E-state index contributed by atoms with van der Waals surface area (Å²) in [6.07, 6.45) is 2.49. The van der Waals surface area contributed by atoms with Gasteiger partial charge in [-0.05, 0) is 37.8 Å². The predicted molar refractivity (Wildman–Crippen MR) is 109 cm³/mol. The van der Waals surface area contributed by atoms with Crippen molar-refractivity contribution in [3.63, 3.8) is 0 Å². The Morgan fingerprint density at radius 3 is 2.86 bits per heavy atom. The molecular formula is C22H25N5O2. The molecule has 2 aromatic heterocycles. The van der Waals surface area contributed by atoms with Crippen LogP contribution in [0.5, 0.6) is 0 Å². The van der Waals surface area contributed by atoms with Crippen molar-refractivity contribution in [2.24, 2.45) is 0 Å². The summed E-state index contributed by atoms with van der Waals surface area (Å²) in [6, 6.07) is 10.3. The summed E-state index contributed by atoms with van der Waals surface area (Å²) in [5.41, 5.74) is 5.10. The minimum atomic E-state index is -0.627. The first-order valence-corrected chi connectivity index (χ1v) is 10.1. The van der Waals surface area contributed by atoms with Crippen LogP contribution in [0.15, 0.2) is 36.5 Å². The molecular weight excluding hydrogens is 366 g/mol. The summed E-state index contributed by atoms with van der Waals surface area (Å²) in [5.74, 6) is -0.102. The molecule has 0 saturated carbocycles. The quantitative estimate of drug-likeness (QED) is 0.659. The molecule has 5 rings (SSSR count). The monoisotopic (exact) mass is 391 g/mol. The van der Waals surface area contributed by atoms with Gasteiger partial charge in [0.1, 0.15) is 0 Å². The number of benzene rings is 1. The van der Waals surface area contributed by atoms with Crippen LogP contribution in [-0.4, -0.2) is 55.2 Å². The summed E-state index contributed by atoms with van der Waals surface area (Å²) < 4.78 is 1.71. The molecule has 0 unspecified atom stereocenters. The number of aliphatic hydroxyl groups excluding tert-OH is 1. The number of hydrogen-bond donors (Lipinski definition) is 2. The van der Waals surface area contributed by atoms with E-state index in [1.165, 1.54) is 11.1 Å². The SMILES string of the molecule is Cc1cc2ncc(C(=O)N3CC[C@]4(Cc5ccccc5CN4)[C@H](O)C3)c(C)n2n1. The maximum absolute atomic E-state index is 13.2. The van der Waals surface area contributed by atoms with E-state index in [0.29, 0.717) is 25.1 Å². The number of hydrogen-bond acceptors (Lipinski definition) is 5. The number of likely N-dealkylation sites (tertiary alicyclic amines) is 1. The normalized spacial score (nSPS) is 24.1. The van der Waals surface area contributed by atoms with E-state index in [-0.39, 0.29) is 11.4 Å². The lowest BCUT2D eigenvalue weighted by Gasteiger charge is -2.48. The predicted octanol–water partition coefficient (Wildman–Crippen LogP) is 1.64. The highest BCUT2D eigenvalue weighted by Crippen LogP contribution is 2.32. The average molecular weight is 391 g/mol. The minimum absolute atomic E-state index is 0.102. The van der Waals surface area contributed by atoms with Gasteiger partial charge in [-0.15, -0.1) is 0 Å². The minimum Gasteiger partial charge on any atom is -0.389 e. The third-order valence-corrected chi connectivity index (χ3v) is 6.48. The van der Waals surface area contributed by atoms with Crippen LogP contribution in [0, 0.1) is 13.8 Å². The Morgan fingerprint density at radius 1 is 1.28 bits per heavy atom. The zero-order chi connectivity index (χ0) is 20.2. The van der Waals surface area contributed by atoms with Crippen LogP contribution < -0.4 is 5.32 Å². The third-order valence-electron chi connectivity index (χ3n) is 6.48. The number of carbonyl (C=O) groups is 1. The van der Waals surface area contributed by atoms with Crippen LogP contribution in [0.1, 0.15) is 39.3 Å². The van der Waals surface area contributed by atoms with Crippen molar-refractivity contribution in [2.45, 2.75) is 44.9 Å². The summed E-state index contributed by atoms with van der Waals surface area (Å²) in [5, 5.41) is 19.0. The van der Waals surface area contributed by atoms with Gasteiger partial charge in [-0.2, -0.15) is 5.10 Å². The molecule has 2 atom stereocenters. The van der Waals surface area contributed by atoms with Crippen molar-refractivity contribution >= 4 is 11.6 Å². The zero-order valence-electron chi connectivity index (χ0n) is 16.7. The molecule has 1 spiro atoms. The Labute approximate surface area is 169 Å². The number of fused-ring (bicyclic) bond motifs is 2. The van der Waals surface area contributed by atoms with Gasteiger partial charge in [0.05, 0.1) is 28.6 Å². The van der Waals surface area contributed by atoms with Crippen molar-refractivity contribution < 1.29 is 9.90 Å². The highest BCUT2D eigenvalue weighted by Gasteiger charge is 2.45. The molecule has 7 nitrogen and oxygen atoms in total. The first kappa shape index (κ1) is 18.3. The van der Waals surface area contributed by atoms with Gasteiger partial charge in [0, 0.05) is 31.9 Å². The fourth-order valence-corrected chi connectivity index (χ4v) is 4.69. The van der Waals surface area contributed by atoms with Crippen LogP contribution in [0.3, 0.4) is 0 Å². The van der Waals surface area contributed by atoms with Crippen LogP contribution in [0.4, 0.5) is 0 Å². The molecule has 1 fully saturated rings. The van der Waals surface area contributed by atoms with Gasteiger partial charge < -0.3 is 15.3 Å². The van der Waals surface area contributed by atoms with Crippen molar-refractivity contribution in [1.82, 2.24) is 24.8 Å². The van der Waals surface area contributed by atoms with Gasteiger partial charge in [-0.1, -0.05) is 24.3 Å². The molecule has 0 aliphatic carbocycles. The number of aliphatic hydroxyl groups is 1. The molecule has 4 heterocycles. The van der Waals surface area contributed by atoms with E-state index in [0.717, 1.165) is 30.0 Å². The fraction of sp³-hybridized carbons (Fsp3) is 0.409. The molecule has 7 heteroatoms. The number of aryl methyl sites for hydroxylation is 2. The number of piperidine rings is 1. The van der Waals surface area contributed by atoms with Crippen molar-refractivity contribution in [1.29, 1.82) is 0 Å².